The van der Waals surface area contributed by atoms with E-state index in [0.29, 0.717) is 6.42 Å². The summed E-state index contributed by atoms with van der Waals surface area (Å²) in [7, 11) is 0. The van der Waals surface area contributed by atoms with Crippen molar-refractivity contribution in [2.24, 2.45) is 0 Å². The molecule has 1 aromatic rings. The second-order valence-electron chi connectivity index (χ2n) is 4.73. The Kier molecular flexibility index (Phi) is 3.19. The molecule has 1 fully saturated rings. The van der Waals surface area contributed by atoms with Crippen LogP contribution < -0.4 is 5.32 Å². The van der Waals surface area contributed by atoms with Crippen LogP contribution in [0.15, 0.2) is 30.3 Å². The van der Waals surface area contributed by atoms with Gasteiger partial charge in [-0.15, -0.1) is 12.3 Å². The van der Waals surface area contributed by atoms with Gasteiger partial charge in [0.25, 0.3) is 0 Å². The van der Waals surface area contributed by atoms with E-state index >= 15 is 0 Å². The number of benzene rings is 1. The van der Waals surface area contributed by atoms with Gasteiger partial charge in [0.1, 0.15) is 0 Å². The molecule has 2 heteroatoms. The quantitative estimate of drug-likeness (QED) is 0.785. The van der Waals surface area contributed by atoms with Gasteiger partial charge >= 0.3 is 0 Å². The molecule has 0 aromatic heterocycles. The molecule has 0 aliphatic heterocycles. The Balaban J connectivity index is 2.08. The molecular weight excluding hydrogens is 210 g/mol. The normalized spacial score (nSPS) is 17.9. The second-order valence-corrected chi connectivity index (χ2v) is 4.73. The lowest BCUT2D eigenvalue weighted by Gasteiger charge is -2.18. The van der Waals surface area contributed by atoms with Gasteiger partial charge in [-0.2, -0.15) is 0 Å². The van der Waals surface area contributed by atoms with Crippen LogP contribution in [0.5, 0.6) is 0 Å². The van der Waals surface area contributed by atoms with E-state index in [4.69, 9.17) is 6.42 Å². The highest BCUT2D eigenvalue weighted by Crippen LogP contribution is 2.48. The van der Waals surface area contributed by atoms with E-state index in [9.17, 15) is 4.79 Å². The molecule has 0 spiro atoms. The number of amides is 1. The summed E-state index contributed by atoms with van der Waals surface area (Å²) in [6.07, 6.45) is 7.69. The topological polar surface area (TPSA) is 29.1 Å². The van der Waals surface area contributed by atoms with Gasteiger partial charge < -0.3 is 5.32 Å². The van der Waals surface area contributed by atoms with E-state index in [1.54, 1.807) is 0 Å². The molecule has 1 aliphatic carbocycles. The number of rotatable bonds is 4. The van der Waals surface area contributed by atoms with Gasteiger partial charge in [-0.05, 0) is 25.3 Å². The van der Waals surface area contributed by atoms with Gasteiger partial charge in [0.2, 0.25) is 5.91 Å². The highest BCUT2D eigenvalue weighted by atomic mass is 16.2. The largest absolute Gasteiger partial charge is 0.352 e. The van der Waals surface area contributed by atoms with Gasteiger partial charge in [-0.25, -0.2) is 0 Å². The molecule has 1 N–H and O–H groups in total. The van der Waals surface area contributed by atoms with Crippen molar-refractivity contribution in [1.29, 1.82) is 0 Å². The molecule has 1 unspecified atom stereocenters. The summed E-state index contributed by atoms with van der Waals surface area (Å²) >= 11 is 0. The molecule has 1 amide bonds. The maximum Gasteiger partial charge on any atom is 0.230 e. The zero-order chi connectivity index (χ0) is 12.3. The smallest absolute Gasteiger partial charge is 0.230 e. The number of hydrogen-bond donors (Lipinski definition) is 1. The first-order valence-corrected chi connectivity index (χ1v) is 5.99. The summed E-state index contributed by atoms with van der Waals surface area (Å²) in [6.45, 7) is 1.94. The number of nitrogens with one attached hydrogen (secondary N) is 1. The van der Waals surface area contributed by atoms with Crippen LogP contribution in [-0.4, -0.2) is 11.9 Å². The minimum Gasteiger partial charge on any atom is -0.352 e. The number of carbonyl (C=O) groups is 1. The minimum absolute atomic E-state index is 0.0497. The fourth-order valence-corrected chi connectivity index (χ4v) is 2.12. The summed E-state index contributed by atoms with van der Waals surface area (Å²) in [5.74, 6) is 2.69. The Morgan fingerprint density at radius 3 is 2.65 bits per heavy atom. The number of hydrogen-bond acceptors (Lipinski definition) is 1. The van der Waals surface area contributed by atoms with Crippen LogP contribution in [0.4, 0.5) is 0 Å². The number of carbonyl (C=O) groups excluding carboxylic acids is 1. The van der Waals surface area contributed by atoms with Crippen LogP contribution in [0, 0.1) is 12.3 Å². The zero-order valence-electron chi connectivity index (χ0n) is 10.1. The molecular formula is C15H17NO. The van der Waals surface area contributed by atoms with Crippen molar-refractivity contribution >= 4 is 5.91 Å². The fraction of sp³-hybridized carbons (Fsp3) is 0.400. The van der Waals surface area contributed by atoms with Crippen molar-refractivity contribution in [2.75, 3.05) is 0 Å². The third kappa shape index (κ3) is 2.34. The Morgan fingerprint density at radius 2 is 2.12 bits per heavy atom. The van der Waals surface area contributed by atoms with E-state index in [0.717, 1.165) is 18.4 Å². The van der Waals surface area contributed by atoms with Crippen molar-refractivity contribution in [2.45, 2.75) is 37.6 Å². The molecule has 0 radical (unpaired) electrons. The Morgan fingerprint density at radius 1 is 1.47 bits per heavy atom. The highest BCUT2D eigenvalue weighted by Gasteiger charge is 2.51. The van der Waals surface area contributed by atoms with Crippen LogP contribution in [0.2, 0.25) is 0 Å². The molecule has 17 heavy (non-hydrogen) atoms. The average Bonchev–Trinajstić information content (AvgIpc) is 3.11. The number of terminal acetylenes is 1. The summed E-state index contributed by atoms with van der Waals surface area (Å²) in [5.41, 5.74) is 0.829. The van der Waals surface area contributed by atoms with Crippen LogP contribution in [-0.2, 0) is 10.2 Å². The molecule has 88 valence electrons. The molecule has 0 bridgehead atoms. The van der Waals surface area contributed by atoms with Crippen LogP contribution in [0.25, 0.3) is 0 Å². The molecule has 1 aliphatic rings. The Bertz CT molecular complexity index is 440. The molecule has 0 heterocycles. The van der Waals surface area contributed by atoms with Crippen molar-refractivity contribution in [3.8, 4) is 12.3 Å². The van der Waals surface area contributed by atoms with Crippen LogP contribution in [0.1, 0.15) is 31.7 Å². The van der Waals surface area contributed by atoms with E-state index in [2.05, 4.69) is 11.2 Å². The van der Waals surface area contributed by atoms with Gasteiger partial charge in [-0.1, -0.05) is 30.3 Å². The van der Waals surface area contributed by atoms with Crippen molar-refractivity contribution in [1.82, 2.24) is 5.32 Å². The second kappa shape index (κ2) is 4.63. The molecule has 1 saturated carbocycles. The van der Waals surface area contributed by atoms with Gasteiger partial charge in [0, 0.05) is 12.5 Å². The lowest BCUT2D eigenvalue weighted by atomic mass is 9.94. The third-order valence-corrected chi connectivity index (χ3v) is 3.31. The first-order valence-electron chi connectivity index (χ1n) is 5.99. The molecule has 2 rings (SSSR count). The highest BCUT2D eigenvalue weighted by molar-refractivity contribution is 5.91. The van der Waals surface area contributed by atoms with E-state index < -0.39 is 0 Å². The SMILES string of the molecule is C#CCC(C)NC(=O)C1(c2ccccc2)CC1. The molecule has 0 saturated heterocycles. The summed E-state index contributed by atoms with van der Waals surface area (Å²) in [4.78, 5) is 12.2. The molecule has 1 aromatic carbocycles. The summed E-state index contributed by atoms with van der Waals surface area (Å²) in [5, 5.41) is 3.00. The maximum absolute atomic E-state index is 12.2. The standard InChI is InChI=1S/C15H17NO/c1-3-7-12(2)16-14(17)15(10-11-15)13-8-5-4-6-9-13/h1,4-6,8-9,12H,7,10-11H2,2H3,(H,16,17). The lowest BCUT2D eigenvalue weighted by Crippen LogP contribution is -2.40. The average molecular weight is 227 g/mol. The van der Waals surface area contributed by atoms with E-state index in [-0.39, 0.29) is 17.4 Å². The summed E-state index contributed by atoms with van der Waals surface area (Å²) in [6, 6.07) is 10.0. The lowest BCUT2D eigenvalue weighted by molar-refractivity contribution is -0.124. The fourth-order valence-electron chi connectivity index (χ4n) is 2.12. The Hall–Kier alpha value is -1.75. The van der Waals surface area contributed by atoms with Crippen molar-refractivity contribution in [3.05, 3.63) is 35.9 Å². The monoisotopic (exact) mass is 227 g/mol. The predicted molar refractivity (Wildman–Crippen MR) is 68.4 cm³/mol. The third-order valence-electron chi connectivity index (χ3n) is 3.31. The van der Waals surface area contributed by atoms with Crippen LogP contribution >= 0.6 is 0 Å². The van der Waals surface area contributed by atoms with E-state index in [1.165, 1.54) is 0 Å². The van der Waals surface area contributed by atoms with Gasteiger partial charge in [-0.3, -0.25) is 4.79 Å². The maximum atomic E-state index is 12.2. The predicted octanol–water partition coefficient (Wildman–Crippen LogP) is 2.25. The Labute approximate surface area is 102 Å². The van der Waals surface area contributed by atoms with Gasteiger partial charge in [0.15, 0.2) is 0 Å². The first-order chi connectivity index (χ1) is 8.19. The van der Waals surface area contributed by atoms with E-state index in [1.807, 2.05) is 37.3 Å². The molecule has 2 nitrogen and oxygen atoms in total. The van der Waals surface area contributed by atoms with Gasteiger partial charge in [0.05, 0.1) is 5.41 Å². The van der Waals surface area contributed by atoms with Crippen molar-refractivity contribution in [3.63, 3.8) is 0 Å². The summed E-state index contributed by atoms with van der Waals surface area (Å²) < 4.78 is 0. The van der Waals surface area contributed by atoms with Crippen LogP contribution in [0.3, 0.4) is 0 Å². The zero-order valence-corrected chi connectivity index (χ0v) is 10.1. The van der Waals surface area contributed by atoms with Crippen molar-refractivity contribution < 1.29 is 4.79 Å². The minimum atomic E-state index is -0.288. The molecule has 1 atom stereocenters. The first kappa shape index (κ1) is 11.7.